The first kappa shape index (κ1) is 25.4. The Hall–Kier alpha value is -4.24. The number of aromatic nitrogens is 3. The molecule has 4 aromatic rings. The van der Waals surface area contributed by atoms with E-state index in [1.807, 2.05) is 80.3 Å². The quantitative estimate of drug-likeness (QED) is 0.397. The second kappa shape index (κ2) is 10.6. The number of fused-ring (bicyclic) bond motifs is 1. The van der Waals surface area contributed by atoms with Gasteiger partial charge in [0.2, 0.25) is 0 Å². The minimum Gasteiger partial charge on any atom is -0.444 e. The van der Waals surface area contributed by atoms with Crippen LogP contribution in [-0.2, 0) is 16.0 Å². The molecule has 196 valence electrons. The van der Waals surface area contributed by atoms with Gasteiger partial charge >= 0.3 is 6.09 Å². The average Bonchev–Trinajstić information content (AvgIpc) is 3.36. The molecular weight excluding hydrogens is 482 g/mol. The van der Waals surface area contributed by atoms with Crippen LogP contribution < -0.4 is 5.32 Å². The third kappa shape index (κ3) is 5.84. The number of rotatable bonds is 5. The fraction of sp³-hybridized carbons (Fsp3) is 0.310. The first-order chi connectivity index (χ1) is 18.3. The molecular formula is C29H31N5O4. The van der Waals surface area contributed by atoms with Gasteiger partial charge in [0.1, 0.15) is 17.6 Å². The lowest BCUT2D eigenvalue weighted by molar-refractivity contribution is 0.0303. The zero-order chi connectivity index (χ0) is 26.7. The van der Waals surface area contributed by atoms with Crippen LogP contribution >= 0.6 is 0 Å². The monoisotopic (exact) mass is 513 g/mol. The molecule has 3 heterocycles. The van der Waals surface area contributed by atoms with E-state index in [-0.39, 0.29) is 5.91 Å². The maximum absolute atomic E-state index is 12.8. The Labute approximate surface area is 221 Å². The van der Waals surface area contributed by atoms with E-state index in [1.54, 1.807) is 6.33 Å². The lowest BCUT2D eigenvalue weighted by Crippen LogP contribution is -2.40. The molecule has 0 saturated carbocycles. The molecule has 1 aliphatic rings. The molecule has 2 N–H and O–H groups in total. The van der Waals surface area contributed by atoms with Gasteiger partial charge in [-0.1, -0.05) is 36.4 Å². The Morgan fingerprint density at radius 3 is 2.37 bits per heavy atom. The third-order valence-electron chi connectivity index (χ3n) is 6.23. The summed E-state index contributed by atoms with van der Waals surface area (Å²) in [6.07, 6.45) is 1.09. The molecule has 0 aliphatic carbocycles. The fourth-order valence-corrected chi connectivity index (χ4v) is 4.34. The number of carbonyl (C=O) groups is 2. The van der Waals surface area contributed by atoms with Gasteiger partial charge in [-0.05, 0) is 50.1 Å². The van der Waals surface area contributed by atoms with Gasteiger partial charge < -0.3 is 24.7 Å². The molecule has 5 rings (SSSR count). The van der Waals surface area contributed by atoms with E-state index in [9.17, 15) is 9.59 Å². The number of carbonyl (C=O) groups excluding carboxylic acids is 2. The molecule has 9 heteroatoms. The summed E-state index contributed by atoms with van der Waals surface area (Å²) >= 11 is 0. The Morgan fingerprint density at radius 2 is 1.68 bits per heavy atom. The lowest BCUT2D eigenvalue weighted by Gasteiger charge is -2.26. The summed E-state index contributed by atoms with van der Waals surface area (Å²) in [5.41, 5.74) is 5.40. The summed E-state index contributed by atoms with van der Waals surface area (Å²) in [5.74, 6) is 0.0226. The van der Waals surface area contributed by atoms with E-state index < -0.39 is 11.7 Å². The number of hydrogen-bond donors (Lipinski definition) is 2. The number of morpholine rings is 1. The van der Waals surface area contributed by atoms with Crippen LogP contribution in [0.1, 0.15) is 36.7 Å². The molecule has 1 aliphatic heterocycles. The van der Waals surface area contributed by atoms with Crippen molar-refractivity contribution in [1.29, 1.82) is 0 Å². The summed E-state index contributed by atoms with van der Waals surface area (Å²) in [6, 6.07) is 17.5. The van der Waals surface area contributed by atoms with Gasteiger partial charge in [-0.2, -0.15) is 0 Å². The van der Waals surface area contributed by atoms with Gasteiger partial charge in [0.25, 0.3) is 5.91 Å². The van der Waals surface area contributed by atoms with Crippen LogP contribution in [0, 0.1) is 0 Å². The van der Waals surface area contributed by atoms with Crippen LogP contribution in [0.2, 0.25) is 0 Å². The van der Waals surface area contributed by atoms with Crippen molar-refractivity contribution in [3.63, 3.8) is 0 Å². The van der Waals surface area contributed by atoms with Crippen LogP contribution in [0.15, 0.2) is 60.9 Å². The van der Waals surface area contributed by atoms with Crippen LogP contribution in [0.3, 0.4) is 0 Å². The van der Waals surface area contributed by atoms with Crippen molar-refractivity contribution in [3.8, 4) is 22.5 Å². The van der Waals surface area contributed by atoms with E-state index >= 15 is 0 Å². The molecule has 2 aromatic heterocycles. The Kier molecular flexibility index (Phi) is 7.11. The van der Waals surface area contributed by atoms with Crippen LogP contribution in [0.5, 0.6) is 0 Å². The predicted octanol–water partition coefficient (Wildman–Crippen LogP) is 4.79. The SMILES string of the molecule is CC(C)(C)OC(=O)NCc1ccc(-c2ncnc3[nH]c(-c4ccc(C(=O)N5CCOCC5)cc4)cc23)cc1. The van der Waals surface area contributed by atoms with E-state index in [4.69, 9.17) is 9.47 Å². The smallest absolute Gasteiger partial charge is 0.407 e. The predicted molar refractivity (Wildman–Crippen MR) is 145 cm³/mol. The van der Waals surface area contributed by atoms with Crippen LogP contribution in [0.4, 0.5) is 4.79 Å². The highest BCUT2D eigenvalue weighted by Gasteiger charge is 2.19. The van der Waals surface area contributed by atoms with Crippen molar-refractivity contribution in [1.82, 2.24) is 25.2 Å². The van der Waals surface area contributed by atoms with Gasteiger partial charge in [-0.25, -0.2) is 14.8 Å². The Morgan fingerprint density at radius 1 is 1.00 bits per heavy atom. The summed E-state index contributed by atoms with van der Waals surface area (Å²) in [7, 11) is 0. The first-order valence-electron chi connectivity index (χ1n) is 12.6. The normalized spacial score (nSPS) is 13.9. The maximum atomic E-state index is 12.8. The van der Waals surface area contributed by atoms with Crippen LogP contribution in [0.25, 0.3) is 33.5 Å². The molecule has 0 atom stereocenters. The number of amides is 2. The molecule has 0 spiro atoms. The Balaban J connectivity index is 1.31. The standard InChI is InChI=1S/C29H31N5O4/c1-29(2,3)38-28(36)30-17-19-4-6-21(7-5-19)25-23-16-24(33-26(23)32-18-31-25)20-8-10-22(11-9-20)27(35)34-12-14-37-15-13-34/h4-11,16,18H,12-15,17H2,1-3H3,(H,30,36)(H,31,32,33). The Bertz CT molecular complexity index is 1430. The largest absolute Gasteiger partial charge is 0.444 e. The van der Waals surface area contributed by atoms with Gasteiger partial charge in [0, 0.05) is 41.8 Å². The second-order valence-electron chi connectivity index (χ2n) is 10.2. The maximum Gasteiger partial charge on any atom is 0.407 e. The fourth-order valence-electron chi connectivity index (χ4n) is 4.34. The summed E-state index contributed by atoms with van der Waals surface area (Å²) < 4.78 is 10.6. The van der Waals surface area contributed by atoms with E-state index in [0.717, 1.165) is 39.1 Å². The number of alkyl carbamates (subject to hydrolysis) is 1. The molecule has 1 saturated heterocycles. The van der Waals surface area contributed by atoms with E-state index in [2.05, 4.69) is 20.3 Å². The van der Waals surface area contributed by atoms with Crippen LogP contribution in [-0.4, -0.2) is 63.8 Å². The number of ether oxygens (including phenoxy) is 2. The number of H-pyrrole nitrogens is 1. The lowest BCUT2D eigenvalue weighted by atomic mass is 10.1. The number of hydrogen-bond acceptors (Lipinski definition) is 6. The molecule has 0 bridgehead atoms. The van der Waals surface area contributed by atoms with E-state index in [0.29, 0.717) is 38.4 Å². The molecule has 38 heavy (non-hydrogen) atoms. The number of benzene rings is 2. The first-order valence-corrected chi connectivity index (χ1v) is 12.6. The summed E-state index contributed by atoms with van der Waals surface area (Å²) in [6.45, 7) is 8.25. The molecule has 1 fully saturated rings. The minimum absolute atomic E-state index is 0.0226. The van der Waals surface area contributed by atoms with Gasteiger partial charge in [-0.3, -0.25) is 4.79 Å². The second-order valence-corrected chi connectivity index (χ2v) is 10.2. The van der Waals surface area contributed by atoms with Gasteiger partial charge in [0.05, 0.1) is 18.9 Å². The van der Waals surface area contributed by atoms with Crippen molar-refractivity contribution in [2.24, 2.45) is 0 Å². The van der Waals surface area contributed by atoms with Crippen molar-refractivity contribution in [3.05, 3.63) is 72.1 Å². The minimum atomic E-state index is -0.538. The summed E-state index contributed by atoms with van der Waals surface area (Å²) in [4.78, 5) is 38.8. The van der Waals surface area contributed by atoms with Crippen molar-refractivity contribution in [2.45, 2.75) is 32.9 Å². The number of nitrogens with one attached hydrogen (secondary N) is 2. The molecule has 0 unspecified atom stereocenters. The van der Waals surface area contributed by atoms with Crippen molar-refractivity contribution < 1.29 is 19.1 Å². The van der Waals surface area contributed by atoms with Gasteiger partial charge in [-0.15, -0.1) is 0 Å². The van der Waals surface area contributed by atoms with Gasteiger partial charge in [0.15, 0.2) is 0 Å². The molecule has 9 nitrogen and oxygen atoms in total. The molecule has 2 amide bonds. The zero-order valence-corrected chi connectivity index (χ0v) is 21.8. The zero-order valence-electron chi connectivity index (χ0n) is 21.8. The van der Waals surface area contributed by atoms with Crippen molar-refractivity contribution >= 4 is 23.0 Å². The molecule has 0 radical (unpaired) electrons. The average molecular weight is 514 g/mol. The third-order valence-corrected chi connectivity index (χ3v) is 6.23. The topological polar surface area (TPSA) is 109 Å². The van der Waals surface area contributed by atoms with E-state index in [1.165, 1.54) is 0 Å². The molecule has 2 aromatic carbocycles. The number of aromatic amines is 1. The highest BCUT2D eigenvalue weighted by molar-refractivity contribution is 5.96. The summed E-state index contributed by atoms with van der Waals surface area (Å²) in [5, 5.41) is 3.67. The highest BCUT2D eigenvalue weighted by Crippen LogP contribution is 2.30. The van der Waals surface area contributed by atoms with Crippen molar-refractivity contribution in [2.75, 3.05) is 26.3 Å². The highest BCUT2D eigenvalue weighted by atomic mass is 16.6. The number of nitrogens with zero attached hydrogens (tertiary/aromatic N) is 3.